The highest BCUT2D eigenvalue weighted by Crippen LogP contribution is 2.38. The minimum Gasteiger partial charge on any atom is -0.486 e. The fraction of sp³-hybridized carbons (Fsp3) is 0.429. The van der Waals surface area contributed by atoms with Crippen molar-refractivity contribution in [1.29, 1.82) is 0 Å². The molecule has 3 aliphatic rings. The van der Waals surface area contributed by atoms with E-state index >= 15 is 0 Å². The molecule has 0 radical (unpaired) electrons. The number of amides is 3. The lowest BCUT2D eigenvalue weighted by atomic mass is 10.2. The largest absolute Gasteiger partial charge is 0.486 e. The average Bonchev–Trinajstić information content (AvgIpc) is 2.88. The van der Waals surface area contributed by atoms with E-state index in [0.29, 0.717) is 29.2 Å². The van der Waals surface area contributed by atoms with E-state index in [1.165, 1.54) is 15.3 Å². The molecule has 25 heavy (non-hydrogen) atoms. The van der Waals surface area contributed by atoms with Crippen LogP contribution in [0.3, 0.4) is 0 Å². The van der Waals surface area contributed by atoms with Crippen molar-refractivity contribution in [2.24, 2.45) is 0 Å². The Balaban J connectivity index is 1.66. The minimum absolute atomic E-state index is 0.0370. The van der Waals surface area contributed by atoms with Crippen LogP contribution in [0.15, 0.2) is 21.5 Å². The number of rotatable bonds is 2. The van der Waals surface area contributed by atoms with Gasteiger partial charge in [0.25, 0.3) is 5.91 Å². The van der Waals surface area contributed by atoms with Crippen LogP contribution in [0.5, 0.6) is 11.5 Å². The van der Waals surface area contributed by atoms with Crippen LogP contribution in [-0.2, 0) is 14.8 Å². The summed E-state index contributed by atoms with van der Waals surface area (Å²) in [4.78, 5) is 24.9. The molecule has 3 amide bonds. The van der Waals surface area contributed by atoms with Crippen molar-refractivity contribution in [1.82, 2.24) is 14.5 Å². The number of fused-ring (bicyclic) bond motifs is 2. The van der Waals surface area contributed by atoms with E-state index in [0.717, 1.165) is 0 Å². The summed E-state index contributed by atoms with van der Waals surface area (Å²) in [5, 5.41) is 2.20. The van der Waals surface area contributed by atoms with Gasteiger partial charge in [0, 0.05) is 30.2 Å². The highest BCUT2D eigenvalue weighted by molar-refractivity contribution is 9.10. The molecule has 0 spiro atoms. The van der Waals surface area contributed by atoms with Crippen molar-refractivity contribution in [2.45, 2.75) is 10.9 Å². The maximum Gasteiger partial charge on any atom is 0.324 e. The van der Waals surface area contributed by atoms with Crippen LogP contribution in [0, 0.1) is 0 Å². The highest BCUT2D eigenvalue weighted by Gasteiger charge is 2.45. The maximum atomic E-state index is 13.0. The molecule has 134 valence electrons. The van der Waals surface area contributed by atoms with E-state index in [1.807, 2.05) is 0 Å². The third-order valence-electron chi connectivity index (χ3n) is 4.35. The number of imide groups is 1. The number of hydrogen-bond acceptors (Lipinski definition) is 6. The van der Waals surface area contributed by atoms with Crippen molar-refractivity contribution >= 4 is 37.9 Å². The Kier molecular flexibility index (Phi) is 3.89. The van der Waals surface area contributed by atoms with Crippen molar-refractivity contribution < 1.29 is 27.5 Å². The monoisotopic (exact) mass is 431 g/mol. The van der Waals surface area contributed by atoms with E-state index < -0.39 is 28.0 Å². The molecule has 1 aromatic carbocycles. The molecule has 9 nitrogen and oxygen atoms in total. The molecule has 11 heteroatoms. The lowest BCUT2D eigenvalue weighted by Gasteiger charge is -2.34. The Hall–Kier alpha value is -1.85. The smallest absolute Gasteiger partial charge is 0.324 e. The van der Waals surface area contributed by atoms with Gasteiger partial charge in [-0.25, -0.2) is 13.2 Å². The summed E-state index contributed by atoms with van der Waals surface area (Å²) in [6.45, 7) is 0.931. The molecule has 0 saturated carbocycles. The van der Waals surface area contributed by atoms with Gasteiger partial charge in [-0.1, -0.05) is 0 Å². The van der Waals surface area contributed by atoms with Gasteiger partial charge in [-0.05, 0) is 22.0 Å². The first-order valence-corrected chi connectivity index (χ1v) is 9.82. The number of ether oxygens (including phenoxy) is 2. The number of nitrogens with zero attached hydrogens (tertiary/aromatic N) is 2. The molecule has 0 aliphatic carbocycles. The zero-order chi connectivity index (χ0) is 17.8. The summed E-state index contributed by atoms with van der Waals surface area (Å²) in [7, 11) is -3.87. The van der Waals surface area contributed by atoms with Gasteiger partial charge in [-0.15, -0.1) is 0 Å². The molecule has 1 aromatic rings. The zero-order valence-electron chi connectivity index (χ0n) is 12.9. The van der Waals surface area contributed by atoms with E-state index in [9.17, 15) is 18.0 Å². The Morgan fingerprint density at radius 3 is 2.52 bits per heavy atom. The number of benzene rings is 1. The quantitative estimate of drug-likeness (QED) is 0.667. The van der Waals surface area contributed by atoms with Gasteiger partial charge >= 0.3 is 6.03 Å². The van der Waals surface area contributed by atoms with Crippen molar-refractivity contribution in [3.05, 3.63) is 16.6 Å². The predicted molar refractivity (Wildman–Crippen MR) is 87.9 cm³/mol. The summed E-state index contributed by atoms with van der Waals surface area (Å²) in [6, 6.07) is 1.70. The van der Waals surface area contributed by atoms with Crippen molar-refractivity contribution in [3.8, 4) is 11.5 Å². The normalized spacial score (nSPS) is 23.4. The number of carbonyl (C=O) groups excluding carboxylic acids is 2. The van der Waals surface area contributed by atoms with E-state index in [2.05, 4.69) is 21.2 Å². The first-order valence-electron chi connectivity index (χ1n) is 7.58. The predicted octanol–water partition coefficient (Wildman–Crippen LogP) is 0.145. The third-order valence-corrected chi connectivity index (χ3v) is 7.17. The van der Waals surface area contributed by atoms with Gasteiger partial charge < -0.3 is 14.4 Å². The molecule has 0 bridgehead atoms. The van der Waals surface area contributed by atoms with Crippen molar-refractivity contribution in [2.75, 3.05) is 32.8 Å². The Morgan fingerprint density at radius 2 is 1.80 bits per heavy atom. The third kappa shape index (κ3) is 2.66. The molecule has 2 fully saturated rings. The van der Waals surface area contributed by atoms with Gasteiger partial charge in [0.15, 0.2) is 11.5 Å². The van der Waals surface area contributed by atoms with Crippen LogP contribution >= 0.6 is 15.9 Å². The molecular weight excluding hydrogens is 418 g/mol. The van der Waals surface area contributed by atoms with Gasteiger partial charge in [-0.2, -0.15) is 4.31 Å². The molecule has 3 heterocycles. The van der Waals surface area contributed by atoms with Gasteiger partial charge in [0.2, 0.25) is 10.0 Å². The summed E-state index contributed by atoms with van der Waals surface area (Å²) in [5.74, 6) is 0.356. The lowest BCUT2D eigenvalue weighted by Crippen LogP contribution is -2.54. The van der Waals surface area contributed by atoms with E-state index in [-0.39, 0.29) is 24.5 Å². The number of hydrogen-bond donors (Lipinski definition) is 1. The second-order valence-electron chi connectivity index (χ2n) is 5.79. The molecule has 0 unspecified atom stereocenters. The molecular formula is C14H14BrN3O6S. The Morgan fingerprint density at radius 1 is 1.12 bits per heavy atom. The second-order valence-corrected chi connectivity index (χ2v) is 8.55. The summed E-state index contributed by atoms with van der Waals surface area (Å²) >= 11 is 3.27. The number of halogens is 1. The number of piperazine rings is 1. The van der Waals surface area contributed by atoms with Crippen LogP contribution < -0.4 is 14.8 Å². The van der Waals surface area contributed by atoms with Gasteiger partial charge in [0.05, 0.1) is 0 Å². The number of nitrogens with one attached hydrogen (secondary N) is 1. The molecule has 1 atom stereocenters. The minimum atomic E-state index is -3.87. The van der Waals surface area contributed by atoms with E-state index in [1.54, 1.807) is 6.07 Å². The Labute approximate surface area is 152 Å². The number of urea groups is 1. The SMILES string of the molecule is O=C1NC(=O)N2CCN(S(=O)(=O)c3cc4c(cc3Br)OCCO4)C[C@H]12. The number of carbonyl (C=O) groups is 2. The fourth-order valence-corrected chi connectivity index (χ4v) is 5.52. The van der Waals surface area contributed by atoms with Crippen LogP contribution in [-0.4, -0.2) is 68.5 Å². The summed E-state index contributed by atoms with van der Waals surface area (Å²) in [6.07, 6.45) is 0. The van der Waals surface area contributed by atoms with Crippen LogP contribution in [0.4, 0.5) is 4.79 Å². The second kappa shape index (κ2) is 5.85. The molecule has 0 aromatic heterocycles. The fourth-order valence-electron chi connectivity index (χ4n) is 3.09. The Bertz CT molecular complexity index is 874. The molecule has 2 saturated heterocycles. The van der Waals surface area contributed by atoms with Crippen LogP contribution in [0.2, 0.25) is 0 Å². The molecule has 1 N–H and O–H groups in total. The number of sulfonamides is 1. The topological polar surface area (TPSA) is 105 Å². The lowest BCUT2D eigenvalue weighted by molar-refractivity contribution is -0.122. The zero-order valence-corrected chi connectivity index (χ0v) is 15.3. The summed E-state index contributed by atoms with van der Waals surface area (Å²) in [5.41, 5.74) is 0. The van der Waals surface area contributed by atoms with Gasteiger partial charge in [-0.3, -0.25) is 10.1 Å². The molecule has 3 aliphatic heterocycles. The van der Waals surface area contributed by atoms with Crippen molar-refractivity contribution in [3.63, 3.8) is 0 Å². The molecule has 4 rings (SSSR count). The van der Waals surface area contributed by atoms with Gasteiger partial charge in [0.1, 0.15) is 24.2 Å². The average molecular weight is 432 g/mol. The first kappa shape index (κ1) is 16.6. The van der Waals surface area contributed by atoms with E-state index in [4.69, 9.17) is 9.47 Å². The standard InChI is InChI=1S/C14H14BrN3O6S/c15-8-5-10-11(24-4-3-23-10)6-12(8)25(21,22)17-1-2-18-9(7-17)13(19)16-14(18)20/h5-6,9H,1-4,7H2,(H,16,19,20)/t9-/m1/s1. The maximum absolute atomic E-state index is 13.0. The van der Waals surface area contributed by atoms with Crippen LogP contribution in [0.25, 0.3) is 0 Å². The summed E-state index contributed by atoms with van der Waals surface area (Å²) < 4.78 is 38.5. The highest BCUT2D eigenvalue weighted by atomic mass is 79.9. The first-order chi connectivity index (χ1) is 11.9. The van der Waals surface area contributed by atoms with Crippen LogP contribution in [0.1, 0.15) is 0 Å².